The van der Waals surface area contributed by atoms with Crippen LogP contribution in [0.25, 0.3) is 0 Å². The molecule has 0 saturated heterocycles. The third-order valence-electron chi connectivity index (χ3n) is 4.97. The van der Waals surface area contributed by atoms with Gasteiger partial charge < -0.3 is 10.0 Å². The van der Waals surface area contributed by atoms with E-state index >= 15 is 0 Å². The second kappa shape index (κ2) is 4.91. The van der Waals surface area contributed by atoms with E-state index in [1.54, 1.807) is 17.0 Å². The molecule has 1 aromatic carbocycles. The molecule has 1 amide bonds. The minimum Gasteiger partial charge on any atom is -0.477 e. The predicted molar refractivity (Wildman–Crippen MR) is 84.8 cm³/mol. The maximum atomic E-state index is 12.9. The van der Waals surface area contributed by atoms with Crippen molar-refractivity contribution in [2.75, 3.05) is 11.4 Å². The Hall–Kier alpha value is -2.69. The van der Waals surface area contributed by atoms with Gasteiger partial charge in [-0.3, -0.25) is 4.79 Å². The number of carbonyl (C=O) groups is 2. The normalized spacial score (nSPS) is 17.7. The number of amides is 1. The number of para-hydroxylation sites is 1. The number of anilines is 1. The van der Waals surface area contributed by atoms with E-state index in [1.165, 1.54) is 18.1 Å². The third kappa shape index (κ3) is 2.04. The van der Waals surface area contributed by atoms with E-state index in [0.717, 1.165) is 18.5 Å². The highest BCUT2D eigenvalue weighted by atomic mass is 16.4. The van der Waals surface area contributed by atoms with Crippen molar-refractivity contribution in [3.63, 3.8) is 0 Å². The average molecular weight is 308 g/mol. The highest BCUT2D eigenvalue weighted by molar-refractivity contribution is 6.07. The van der Waals surface area contributed by atoms with Crippen LogP contribution >= 0.6 is 0 Å². The highest BCUT2D eigenvalue weighted by Crippen LogP contribution is 2.52. The molecule has 23 heavy (non-hydrogen) atoms. The number of carboxylic acid groups (broad SMARTS) is 1. The molecule has 5 heteroatoms. The molecule has 1 aromatic heterocycles. The number of carbonyl (C=O) groups excluding carboxylic acids is 1. The molecule has 1 saturated carbocycles. The summed E-state index contributed by atoms with van der Waals surface area (Å²) < 4.78 is 0. The van der Waals surface area contributed by atoms with Gasteiger partial charge in [-0.05, 0) is 36.6 Å². The molecule has 0 atom stereocenters. The number of fused-ring (bicyclic) bond motifs is 2. The van der Waals surface area contributed by atoms with Gasteiger partial charge in [0.1, 0.15) is 11.4 Å². The zero-order valence-corrected chi connectivity index (χ0v) is 12.5. The van der Waals surface area contributed by atoms with Crippen LogP contribution in [0, 0.1) is 0 Å². The van der Waals surface area contributed by atoms with Crippen molar-refractivity contribution >= 4 is 17.6 Å². The minimum atomic E-state index is -1.13. The molecule has 2 aromatic rings. The third-order valence-corrected chi connectivity index (χ3v) is 4.97. The van der Waals surface area contributed by atoms with Gasteiger partial charge in [0.2, 0.25) is 0 Å². The van der Waals surface area contributed by atoms with E-state index < -0.39 is 5.97 Å². The fourth-order valence-corrected chi connectivity index (χ4v) is 3.65. The monoisotopic (exact) mass is 308 g/mol. The summed E-state index contributed by atoms with van der Waals surface area (Å²) in [5, 5.41) is 9.06. The summed E-state index contributed by atoms with van der Waals surface area (Å²) >= 11 is 0. The Bertz CT molecular complexity index is 811. The van der Waals surface area contributed by atoms with Crippen LogP contribution < -0.4 is 4.90 Å². The van der Waals surface area contributed by atoms with Crippen LogP contribution in [0.15, 0.2) is 42.5 Å². The fourth-order valence-electron chi connectivity index (χ4n) is 3.65. The molecule has 4 rings (SSSR count). The van der Waals surface area contributed by atoms with Crippen LogP contribution in [0.4, 0.5) is 5.69 Å². The maximum absolute atomic E-state index is 12.9. The van der Waals surface area contributed by atoms with Crippen molar-refractivity contribution < 1.29 is 14.7 Å². The van der Waals surface area contributed by atoms with Crippen LogP contribution in [0.2, 0.25) is 0 Å². The lowest BCUT2D eigenvalue weighted by molar-refractivity contribution is 0.0690. The van der Waals surface area contributed by atoms with E-state index in [0.29, 0.717) is 6.54 Å². The van der Waals surface area contributed by atoms with Crippen molar-refractivity contribution in [2.24, 2.45) is 0 Å². The van der Waals surface area contributed by atoms with E-state index in [2.05, 4.69) is 11.1 Å². The molecule has 5 nitrogen and oxygen atoms in total. The van der Waals surface area contributed by atoms with Crippen molar-refractivity contribution in [3.8, 4) is 0 Å². The zero-order chi connectivity index (χ0) is 16.0. The zero-order valence-electron chi connectivity index (χ0n) is 12.5. The van der Waals surface area contributed by atoms with Gasteiger partial charge in [-0.2, -0.15) is 0 Å². The predicted octanol–water partition coefficient (Wildman–Crippen LogP) is 2.86. The molecule has 1 aliphatic heterocycles. The number of aromatic carboxylic acids is 1. The number of pyridine rings is 1. The van der Waals surface area contributed by atoms with E-state index in [9.17, 15) is 9.59 Å². The van der Waals surface area contributed by atoms with Crippen LogP contribution in [-0.2, 0) is 5.41 Å². The Morgan fingerprint density at radius 2 is 1.78 bits per heavy atom. The van der Waals surface area contributed by atoms with Gasteiger partial charge in [0.05, 0.1) is 0 Å². The summed E-state index contributed by atoms with van der Waals surface area (Å²) in [7, 11) is 0. The van der Waals surface area contributed by atoms with E-state index in [1.807, 2.05) is 18.2 Å². The molecule has 0 unspecified atom stereocenters. The molecule has 1 aliphatic carbocycles. The molecule has 2 aliphatic rings. The number of hydrogen-bond donors (Lipinski definition) is 1. The van der Waals surface area contributed by atoms with E-state index in [-0.39, 0.29) is 22.7 Å². The van der Waals surface area contributed by atoms with Gasteiger partial charge in [-0.1, -0.05) is 30.7 Å². The highest BCUT2D eigenvalue weighted by Gasteiger charge is 2.48. The maximum Gasteiger partial charge on any atom is 0.354 e. The smallest absolute Gasteiger partial charge is 0.354 e. The van der Waals surface area contributed by atoms with Crippen LogP contribution in [0.1, 0.15) is 45.8 Å². The Morgan fingerprint density at radius 1 is 1.04 bits per heavy atom. The quantitative estimate of drug-likeness (QED) is 0.926. The number of benzene rings is 1. The Morgan fingerprint density at radius 3 is 2.48 bits per heavy atom. The summed E-state index contributed by atoms with van der Waals surface area (Å²) in [5.41, 5.74) is 2.31. The Kier molecular flexibility index (Phi) is 2.98. The second-order valence-electron chi connectivity index (χ2n) is 6.26. The largest absolute Gasteiger partial charge is 0.477 e. The fraction of sp³-hybridized carbons (Fsp3) is 0.278. The topological polar surface area (TPSA) is 70.5 Å². The van der Waals surface area contributed by atoms with Crippen molar-refractivity contribution in [2.45, 2.75) is 24.7 Å². The summed E-state index contributed by atoms with van der Waals surface area (Å²) in [5.74, 6) is -1.36. The molecule has 0 bridgehead atoms. The van der Waals surface area contributed by atoms with Gasteiger partial charge in [-0.15, -0.1) is 0 Å². The second-order valence-corrected chi connectivity index (χ2v) is 6.26. The molecular formula is C18H16N2O3. The summed E-state index contributed by atoms with van der Waals surface area (Å²) in [6.45, 7) is 0.657. The minimum absolute atomic E-state index is 0.0800. The van der Waals surface area contributed by atoms with Crippen molar-refractivity contribution in [3.05, 3.63) is 59.4 Å². The molecular weight excluding hydrogens is 292 g/mol. The lowest BCUT2D eigenvalue weighted by Crippen LogP contribution is -2.41. The van der Waals surface area contributed by atoms with Gasteiger partial charge >= 0.3 is 5.97 Å². The Balaban J connectivity index is 1.73. The van der Waals surface area contributed by atoms with Crippen LogP contribution in [-0.4, -0.2) is 28.5 Å². The molecule has 1 N–H and O–H groups in total. The summed E-state index contributed by atoms with van der Waals surface area (Å²) in [6.07, 6.45) is 3.37. The molecule has 116 valence electrons. The van der Waals surface area contributed by atoms with Gasteiger partial charge in [0.15, 0.2) is 0 Å². The number of carboxylic acids is 1. The summed E-state index contributed by atoms with van der Waals surface area (Å²) in [4.78, 5) is 29.7. The first kappa shape index (κ1) is 13.9. The first-order valence-electron chi connectivity index (χ1n) is 7.72. The number of hydrogen-bond acceptors (Lipinski definition) is 3. The van der Waals surface area contributed by atoms with Crippen molar-refractivity contribution in [1.82, 2.24) is 4.98 Å². The van der Waals surface area contributed by atoms with Crippen LogP contribution in [0.3, 0.4) is 0 Å². The number of aromatic nitrogens is 1. The van der Waals surface area contributed by atoms with Gasteiger partial charge in [0, 0.05) is 17.6 Å². The lowest BCUT2D eigenvalue weighted by atomic mass is 9.66. The number of rotatable bonds is 2. The van der Waals surface area contributed by atoms with Gasteiger partial charge in [0.25, 0.3) is 5.91 Å². The molecule has 1 spiro atoms. The van der Waals surface area contributed by atoms with E-state index in [4.69, 9.17) is 5.11 Å². The molecule has 2 heterocycles. The standard InChI is InChI=1S/C18H16N2O3/c21-16(13-6-3-7-14(19-13)17(22)23)20-11-18(9-4-10-18)12-5-1-2-8-15(12)20/h1-3,5-8H,4,9-11H2,(H,22,23). The molecule has 0 radical (unpaired) electrons. The molecule has 1 fully saturated rings. The SMILES string of the molecule is O=C(O)c1cccc(C(=O)N2CC3(CCC3)c3ccccc32)n1. The first-order valence-corrected chi connectivity index (χ1v) is 7.72. The van der Waals surface area contributed by atoms with Crippen molar-refractivity contribution in [1.29, 1.82) is 0 Å². The van der Waals surface area contributed by atoms with Crippen LogP contribution in [0.5, 0.6) is 0 Å². The summed E-state index contributed by atoms with van der Waals surface area (Å²) in [6, 6.07) is 12.5. The Labute approximate surface area is 133 Å². The van der Waals surface area contributed by atoms with Gasteiger partial charge in [-0.25, -0.2) is 9.78 Å². The average Bonchev–Trinajstić information content (AvgIpc) is 2.90. The number of nitrogens with zero attached hydrogens (tertiary/aromatic N) is 2. The lowest BCUT2D eigenvalue weighted by Gasteiger charge is -2.38. The first-order chi connectivity index (χ1) is 11.1.